The van der Waals surface area contributed by atoms with Gasteiger partial charge in [0.05, 0.1) is 0 Å². The first kappa shape index (κ1) is 7.89. The summed E-state index contributed by atoms with van der Waals surface area (Å²) in [5, 5.41) is 0. The van der Waals surface area contributed by atoms with Gasteiger partial charge in [-0.3, -0.25) is 0 Å². The summed E-state index contributed by atoms with van der Waals surface area (Å²) in [5.41, 5.74) is 5.04. The molecule has 0 aromatic carbocycles. The molecule has 0 spiro atoms. The molecule has 50 valence electrons. The van der Waals surface area contributed by atoms with Gasteiger partial charge in [0.15, 0.2) is 0 Å². The Morgan fingerprint density at radius 2 is 2.25 bits per heavy atom. The molecular weight excluding hydrogens is 105 g/mol. The molecule has 1 nitrogen and oxygen atoms in total. The van der Waals surface area contributed by atoms with Gasteiger partial charge >= 0.3 is 0 Å². The molecule has 0 saturated heterocycles. The van der Waals surface area contributed by atoms with E-state index >= 15 is 0 Å². The lowest BCUT2D eigenvalue weighted by Crippen LogP contribution is -2.14. The Morgan fingerprint density at radius 1 is 1.62 bits per heavy atom. The van der Waals surface area contributed by atoms with Crippen molar-refractivity contribution >= 4 is 0 Å². The van der Waals surface area contributed by atoms with Crippen LogP contribution in [0, 0.1) is 0 Å². The molecule has 0 bridgehead atoms. The summed E-state index contributed by atoms with van der Waals surface area (Å²) in [6.07, 6.45) is 1.88. The maximum atomic E-state index is 12.2. The molecule has 1 atom stereocenters. The van der Waals surface area contributed by atoms with Crippen LogP contribution in [-0.2, 0) is 0 Å². The fraction of sp³-hybridized carbons (Fsp3) is 1.00. The third-order valence-electron chi connectivity index (χ3n) is 1.13. The van der Waals surface area contributed by atoms with E-state index in [4.69, 9.17) is 5.73 Å². The van der Waals surface area contributed by atoms with Gasteiger partial charge in [-0.05, 0) is 6.42 Å². The average molecular weight is 119 g/mol. The Hall–Kier alpha value is -0.110. The summed E-state index contributed by atoms with van der Waals surface area (Å²) < 4.78 is 12.2. The molecule has 0 fully saturated rings. The van der Waals surface area contributed by atoms with E-state index in [0.717, 1.165) is 12.8 Å². The smallest absolute Gasteiger partial charge is 0.112 e. The van der Waals surface area contributed by atoms with Crippen molar-refractivity contribution in [2.45, 2.75) is 32.4 Å². The normalized spacial score (nSPS) is 13.9. The van der Waals surface area contributed by atoms with Crippen molar-refractivity contribution in [3.8, 4) is 0 Å². The molecule has 0 saturated carbocycles. The van der Waals surface area contributed by atoms with Crippen LogP contribution in [0.15, 0.2) is 0 Å². The maximum absolute atomic E-state index is 12.2. The summed E-state index contributed by atoms with van der Waals surface area (Å²) in [6.45, 7) is 2.23. The molecule has 0 amide bonds. The number of alkyl halides is 1. The van der Waals surface area contributed by atoms with Crippen LogP contribution in [0.25, 0.3) is 0 Å². The number of unbranched alkanes of at least 4 members (excludes halogenated alkanes) is 1. The summed E-state index contributed by atoms with van der Waals surface area (Å²) in [5.74, 6) is 0. The fourth-order valence-corrected chi connectivity index (χ4v) is 0.543. The largest absolute Gasteiger partial charge is 0.328 e. The van der Waals surface area contributed by atoms with Crippen molar-refractivity contribution in [3.63, 3.8) is 0 Å². The molecule has 0 aromatic rings. The number of nitrogens with two attached hydrogens (primary N) is 1. The molecular formula is C6H14FN. The van der Waals surface area contributed by atoms with Gasteiger partial charge in [-0.15, -0.1) is 0 Å². The Balaban J connectivity index is 2.86. The molecule has 2 N–H and O–H groups in total. The second-order valence-electron chi connectivity index (χ2n) is 1.98. The zero-order chi connectivity index (χ0) is 6.41. The summed E-state index contributed by atoms with van der Waals surface area (Å²) in [6, 6.07) is 0. The number of halogens is 1. The predicted molar refractivity (Wildman–Crippen MR) is 33.5 cm³/mol. The molecule has 0 heterocycles. The molecule has 0 aromatic heterocycles. The minimum Gasteiger partial charge on any atom is -0.328 e. The highest BCUT2D eigenvalue weighted by Crippen LogP contribution is 2.01. The standard InChI is InChI=1S/C6H14FN/c1-2-3-4-6(7)5-8/h6H,2-5,8H2,1H3/t6-/m0/s1. The number of hydrogen-bond donors (Lipinski definition) is 1. The third kappa shape index (κ3) is 4.06. The Kier molecular flexibility index (Phi) is 4.97. The van der Waals surface area contributed by atoms with Crippen LogP contribution in [-0.4, -0.2) is 12.7 Å². The van der Waals surface area contributed by atoms with Gasteiger partial charge in [-0.25, -0.2) is 4.39 Å². The molecule has 0 rings (SSSR count). The Morgan fingerprint density at radius 3 is 2.62 bits per heavy atom. The van der Waals surface area contributed by atoms with Gasteiger partial charge in [0.2, 0.25) is 0 Å². The molecule has 0 aliphatic carbocycles. The highest BCUT2D eigenvalue weighted by molar-refractivity contribution is 4.54. The minimum atomic E-state index is -0.769. The first-order chi connectivity index (χ1) is 3.81. The van der Waals surface area contributed by atoms with Gasteiger partial charge in [-0.1, -0.05) is 19.8 Å². The zero-order valence-corrected chi connectivity index (χ0v) is 5.36. The van der Waals surface area contributed by atoms with Crippen LogP contribution in [0.3, 0.4) is 0 Å². The second-order valence-corrected chi connectivity index (χ2v) is 1.98. The van der Waals surface area contributed by atoms with Crippen molar-refractivity contribution in [3.05, 3.63) is 0 Å². The van der Waals surface area contributed by atoms with Crippen molar-refractivity contribution < 1.29 is 4.39 Å². The van der Waals surface area contributed by atoms with Crippen molar-refractivity contribution in [2.24, 2.45) is 5.73 Å². The zero-order valence-electron chi connectivity index (χ0n) is 5.36. The lowest BCUT2D eigenvalue weighted by Gasteiger charge is -2.00. The quantitative estimate of drug-likeness (QED) is 0.596. The highest BCUT2D eigenvalue weighted by Gasteiger charge is 1.99. The van der Waals surface area contributed by atoms with E-state index < -0.39 is 6.17 Å². The van der Waals surface area contributed by atoms with Crippen molar-refractivity contribution in [2.75, 3.05) is 6.54 Å². The van der Waals surface area contributed by atoms with Crippen LogP contribution >= 0.6 is 0 Å². The van der Waals surface area contributed by atoms with E-state index in [1.807, 2.05) is 6.92 Å². The Labute approximate surface area is 50.1 Å². The monoisotopic (exact) mass is 119 g/mol. The lowest BCUT2D eigenvalue weighted by molar-refractivity contribution is 0.315. The van der Waals surface area contributed by atoms with E-state index in [0.29, 0.717) is 6.42 Å². The third-order valence-corrected chi connectivity index (χ3v) is 1.13. The molecule has 0 aliphatic heterocycles. The van der Waals surface area contributed by atoms with Gasteiger partial charge in [0.25, 0.3) is 0 Å². The average Bonchev–Trinajstić information content (AvgIpc) is 1.83. The summed E-state index contributed by atoms with van der Waals surface area (Å²) in [7, 11) is 0. The van der Waals surface area contributed by atoms with Gasteiger partial charge < -0.3 is 5.73 Å². The van der Waals surface area contributed by atoms with E-state index in [9.17, 15) is 4.39 Å². The van der Waals surface area contributed by atoms with Crippen LogP contribution in [0.5, 0.6) is 0 Å². The van der Waals surface area contributed by atoms with Crippen molar-refractivity contribution in [1.29, 1.82) is 0 Å². The highest BCUT2D eigenvalue weighted by atomic mass is 19.1. The van der Waals surface area contributed by atoms with Gasteiger partial charge in [0.1, 0.15) is 6.17 Å². The number of hydrogen-bond acceptors (Lipinski definition) is 1. The molecule has 0 unspecified atom stereocenters. The van der Waals surface area contributed by atoms with Crippen LogP contribution in [0.4, 0.5) is 4.39 Å². The maximum Gasteiger partial charge on any atom is 0.112 e. The fourth-order valence-electron chi connectivity index (χ4n) is 0.543. The second kappa shape index (κ2) is 5.04. The molecule has 8 heavy (non-hydrogen) atoms. The molecule has 2 heteroatoms. The first-order valence-corrected chi connectivity index (χ1v) is 3.15. The Bertz CT molecular complexity index is 47.8. The van der Waals surface area contributed by atoms with E-state index in [-0.39, 0.29) is 6.54 Å². The summed E-state index contributed by atoms with van der Waals surface area (Å²) >= 11 is 0. The number of rotatable bonds is 4. The predicted octanol–water partition coefficient (Wildman–Crippen LogP) is 1.47. The lowest BCUT2D eigenvalue weighted by atomic mass is 10.2. The van der Waals surface area contributed by atoms with Crippen LogP contribution in [0.1, 0.15) is 26.2 Å². The first-order valence-electron chi connectivity index (χ1n) is 3.15. The SMILES string of the molecule is CCCC[C@H](F)CN. The van der Waals surface area contributed by atoms with E-state index in [1.54, 1.807) is 0 Å². The molecule has 0 radical (unpaired) electrons. The molecule has 0 aliphatic rings. The van der Waals surface area contributed by atoms with Gasteiger partial charge in [0, 0.05) is 6.54 Å². The van der Waals surface area contributed by atoms with Crippen LogP contribution < -0.4 is 5.73 Å². The topological polar surface area (TPSA) is 26.0 Å². The van der Waals surface area contributed by atoms with Crippen LogP contribution in [0.2, 0.25) is 0 Å². The van der Waals surface area contributed by atoms with E-state index in [1.165, 1.54) is 0 Å². The van der Waals surface area contributed by atoms with E-state index in [2.05, 4.69) is 0 Å². The summed E-state index contributed by atoms with van der Waals surface area (Å²) in [4.78, 5) is 0. The minimum absolute atomic E-state index is 0.181. The van der Waals surface area contributed by atoms with Crippen molar-refractivity contribution in [1.82, 2.24) is 0 Å². The van der Waals surface area contributed by atoms with Gasteiger partial charge in [-0.2, -0.15) is 0 Å².